The topological polar surface area (TPSA) is 55.6 Å². The van der Waals surface area contributed by atoms with Crippen molar-refractivity contribution in [1.82, 2.24) is 4.90 Å². The number of carbonyl (C=O) groups is 1. The molecule has 0 atom stereocenters. The SMILES string of the molecule is CCC(CC)(C(=O)N1CC(C)(C)OC(C)(C)C1)C(N)=S. The Bertz CT molecular complexity index is 385. The van der Waals surface area contributed by atoms with Gasteiger partial charge in [0.1, 0.15) is 0 Å². The van der Waals surface area contributed by atoms with E-state index in [-0.39, 0.29) is 17.1 Å². The Labute approximate surface area is 128 Å². The van der Waals surface area contributed by atoms with Gasteiger partial charge in [-0.15, -0.1) is 0 Å². The van der Waals surface area contributed by atoms with E-state index in [1.165, 1.54) is 0 Å². The van der Waals surface area contributed by atoms with Crippen LogP contribution in [-0.2, 0) is 9.53 Å². The number of amides is 1. The molecule has 0 radical (unpaired) electrons. The predicted octanol–water partition coefficient (Wildman–Crippen LogP) is 2.49. The first-order valence-corrected chi connectivity index (χ1v) is 7.70. The van der Waals surface area contributed by atoms with Crippen LogP contribution in [0, 0.1) is 5.41 Å². The van der Waals surface area contributed by atoms with Gasteiger partial charge in [-0.2, -0.15) is 0 Å². The lowest BCUT2D eigenvalue weighted by atomic mass is 9.80. The van der Waals surface area contributed by atoms with E-state index in [9.17, 15) is 4.79 Å². The van der Waals surface area contributed by atoms with Gasteiger partial charge in [0.25, 0.3) is 0 Å². The number of rotatable bonds is 4. The lowest BCUT2D eigenvalue weighted by molar-refractivity contribution is -0.191. The number of nitrogens with two attached hydrogens (primary N) is 1. The highest BCUT2D eigenvalue weighted by atomic mass is 32.1. The third-order valence-electron chi connectivity index (χ3n) is 4.07. The molecule has 0 aromatic heterocycles. The minimum absolute atomic E-state index is 0.0412. The van der Waals surface area contributed by atoms with Gasteiger partial charge in [-0.05, 0) is 40.5 Å². The molecule has 1 saturated heterocycles. The van der Waals surface area contributed by atoms with Crippen molar-refractivity contribution in [3.05, 3.63) is 0 Å². The Balaban J connectivity index is 3.09. The Morgan fingerprint density at radius 2 is 1.60 bits per heavy atom. The average Bonchev–Trinajstić information content (AvgIpc) is 2.26. The van der Waals surface area contributed by atoms with Gasteiger partial charge in [-0.1, -0.05) is 26.1 Å². The van der Waals surface area contributed by atoms with E-state index in [1.54, 1.807) is 0 Å². The van der Waals surface area contributed by atoms with E-state index in [4.69, 9.17) is 22.7 Å². The third kappa shape index (κ3) is 3.31. The van der Waals surface area contributed by atoms with E-state index in [0.29, 0.717) is 30.9 Å². The van der Waals surface area contributed by atoms with Gasteiger partial charge in [0, 0.05) is 13.1 Å². The second-order valence-electron chi connectivity index (χ2n) is 6.94. The molecule has 0 spiro atoms. The van der Waals surface area contributed by atoms with Crippen molar-refractivity contribution in [2.45, 2.75) is 65.6 Å². The molecule has 1 rings (SSSR count). The largest absolute Gasteiger partial charge is 0.392 e. The van der Waals surface area contributed by atoms with Gasteiger partial charge in [-0.3, -0.25) is 4.79 Å². The van der Waals surface area contributed by atoms with Gasteiger partial charge < -0.3 is 15.4 Å². The maximum absolute atomic E-state index is 13.0. The standard InChI is InChI=1S/C15H28N2O2S/c1-7-15(8-2,11(16)20)12(18)17-9-13(3,4)19-14(5,6)10-17/h7-10H2,1-6H3,(H2,16,20). The molecular formula is C15H28N2O2S. The van der Waals surface area contributed by atoms with Crippen LogP contribution in [0.1, 0.15) is 54.4 Å². The van der Waals surface area contributed by atoms with Gasteiger partial charge in [0.2, 0.25) is 5.91 Å². The molecule has 0 saturated carbocycles. The molecule has 0 bridgehead atoms. The molecule has 4 nitrogen and oxygen atoms in total. The summed E-state index contributed by atoms with van der Waals surface area (Å²) in [7, 11) is 0. The first kappa shape index (κ1) is 17.4. The minimum Gasteiger partial charge on any atom is -0.392 e. The zero-order valence-electron chi connectivity index (χ0n) is 13.6. The van der Waals surface area contributed by atoms with E-state index in [2.05, 4.69) is 0 Å². The Kier molecular flexibility index (Phi) is 4.87. The maximum Gasteiger partial charge on any atom is 0.235 e. The van der Waals surface area contributed by atoms with Crippen LogP contribution in [0.2, 0.25) is 0 Å². The molecule has 1 aliphatic rings. The van der Waals surface area contributed by atoms with E-state index in [0.717, 1.165) is 0 Å². The number of thiocarbonyl (C=S) groups is 1. The molecule has 1 heterocycles. The van der Waals surface area contributed by atoms with Crippen molar-refractivity contribution in [3.63, 3.8) is 0 Å². The first-order chi connectivity index (χ1) is 8.99. The molecule has 0 aliphatic carbocycles. The van der Waals surface area contributed by atoms with Crippen LogP contribution in [0.5, 0.6) is 0 Å². The summed E-state index contributed by atoms with van der Waals surface area (Å²) in [6, 6.07) is 0. The molecule has 116 valence electrons. The number of nitrogens with zero attached hydrogens (tertiary/aromatic N) is 1. The normalized spacial score (nSPS) is 21.6. The van der Waals surface area contributed by atoms with E-state index >= 15 is 0 Å². The second kappa shape index (κ2) is 5.60. The quantitative estimate of drug-likeness (QED) is 0.811. The molecule has 1 aliphatic heterocycles. The lowest BCUT2D eigenvalue weighted by Crippen LogP contribution is -2.62. The number of ether oxygens (including phenoxy) is 1. The zero-order valence-corrected chi connectivity index (χ0v) is 14.4. The fourth-order valence-corrected chi connectivity index (χ4v) is 3.62. The van der Waals surface area contributed by atoms with E-state index < -0.39 is 5.41 Å². The van der Waals surface area contributed by atoms with Crippen molar-refractivity contribution in [1.29, 1.82) is 0 Å². The first-order valence-electron chi connectivity index (χ1n) is 7.29. The van der Waals surface area contributed by atoms with Crippen molar-refractivity contribution in [2.24, 2.45) is 11.1 Å². The fourth-order valence-electron chi connectivity index (χ4n) is 3.24. The van der Waals surface area contributed by atoms with Crippen molar-refractivity contribution < 1.29 is 9.53 Å². The number of hydrogen-bond donors (Lipinski definition) is 1. The maximum atomic E-state index is 13.0. The van der Waals surface area contributed by atoms with Gasteiger partial charge in [0.05, 0.1) is 21.6 Å². The molecule has 5 heteroatoms. The Morgan fingerprint density at radius 1 is 1.20 bits per heavy atom. The van der Waals surface area contributed by atoms with Crippen LogP contribution in [0.4, 0.5) is 0 Å². The highest BCUT2D eigenvalue weighted by Crippen LogP contribution is 2.34. The Hall–Kier alpha value is -0.680. The predicted molar refractivity (Wildman–Crippen MR) is 85.6 cm³/mol. The molecule has 20 heavy (non-hydrogen) atoms. The number of hydrogen-bond acceptors (Lipinski definition) is 3. The third-order valence-corrected chi connectivity index (χ3v) is 4.46. The summed E-state index contributed by atoms with van der Waals surface area (Å²) < 4.78 is 6.02. The highest BCUT2D eigenvalue weighted by molar-refractivity contribution is 7.80. The van der Waals surface area contributed by atoms with Crippen LogP contribution < -0.4 is 5.73 Å². The van der Waals surface area contributed by atoms with Crippen LogP contribution in [-0.4, -0.2) is 40.1 Å². The fraction of sp³-hybridized carbons (Fsp3) is 0.867. The van der Waals surface area contributed by atoms with Crippen LogP contribution in [0.3, 0.4) is 0 Å². The summed E-state index contributed by atoms with van der Waals surface area (Å²) in [5.41, 5.74) is 4.44. The molecule has 0 aromatic carbocycles. The monoisotopic (exact) mass is 300 g/mol. The highest BCUT2D eigenvalue weighted by Gasteiger charge is 2.46. The molecular weight excluding hydrogens is 272 g/mol. The van der Waals surface area contributed by atoms with E-state index in [1.807, 2.05) is 46.4 Å². The molecule has 1 fully saturated rings. The van der Waals surface area contributed by atoms with Crippen LogP contribution in [0.25, 0.3) is 0 Å². The Morgan fingerprint density at radius 3 is 1.90 bits per heavy atom. The van der Waals surface area contributed by atoms with Crippen molar-refractivity contribution in [3.8, 4) is 0 Å². The molecule has 2 N–H and O–H groups in total. The van der Waals surface area contributed by atoms with Crippen molar-refractivity contribution >= 4 is 23.1 Å². The number of carbonyl (C=O) groups excluding carboxylic acids is 1. The summed E-state index contributed by atoms with van der Waals surface area (Å²) in [5.74, 6) is 0.0412. The number of morpholine rings is 1. The summed E-state index contributed by atoms with van der Waals surface area (Å²) in [5, 5.41) is 0. The molecule has 1 amide bonds. The smallest absolute Gasteiger partial charge is 0.235 e. The van der Waals surface area contributed by atoms with Gasteiger partial charge in [0.15, 0.2) is 0 Å². The summed E-state index contributed by atoms with van der Waals surface area (Å²) in [4.78, 5) is 15.2. The van der Waals surface area contributed by atoms with Crippen LogP contribution >= 0.6 is 12.2 Å². The van der Waals surface area contributed by atoms with Gasteiger partial charge >= 0.3 is 0 Å². The minimum atomic E-state index is -0.723. The van der Waals surface area contributed by atoms with Crippen LogP contribution in [0.15, 0.2) is 0 Å². The average molecular weight is 300 g/mol. The summed E-state index contributed by atoms with van der Waals surface area (Å²) >= 11 is 5.19. The summed E-state index contributed by atoms with van der Waals surface area (Å²) in [6.45, 7) is 13.1. The molecule has 0 unspecified atom stereocenters. The molecule has 0 aromatic rings. The lowest BCUT2D eigenvalue weighted by Gasteiger charge is -2.49. The zero-order chi connectivity index (χ0) is 15.8. The van der Waals surface area contributed by atoms with Gasteiger partial charge in [-0.25, -0.2) is 0 Å². The van der Waals surface area contributed by atoms with Crippen molar-refractivity contribution in [2.75, 3.05) is 13.1 Å². The second-order valence-corrected chi connectivity index (χ2v) is 7.38. The summed E-state index contributed by atoms with van der Waals surface area (Å²) in [6.07, 6.45) is 1.27.